The van der Waals surface area contributed by atoms with Gasteiger partial charge in [0.2, 0.25) is 0 Å². The summed E-state index contributed by atoms with van der Waals surface area (Å²) in [5.74, 6) is 1.61. The smallest absolute Gasteiger partial charge is 0.330 e. The van der Waals surface area contributed by atoms with Crippen LogP contribution in [0.5, 0.6) is 11.5 Å². The number of halogens is 6. The van der Waals surface area contributed by atoms with Gasteiger partial charge in [0, 0.05) is 66.1 Å². The van der Waals surface area contributed by atoms with E-state index >= 15 is 0 Å². The molecule has 17 atom stereocenters. The summed E-state index contributed by atoms with van der Waals surface area (Å²) in [4.78, 5) is 101. The van der Waals surface area contributed by atoms with Gasteiger partial charge in [0.1, 0.15) is 87.6 Å². The summed E-state index contributed by atoms with van der Waals surface area (Å²) >= 11 is 14.3. The first-order valence-electron chi connectivity index (χ1n) is 33.4. The van der Waals surface area contributed by atoms with Crippen LogP contribution in [-0.4, -0.2) is 214 Å². The molecule has 0 saturated carbocycles. The molecule has 0 amide bonds. The van der Waals surface area contributed by atoms with Crippen molar-refractivity contribution < 1.29 is 87.1 Å². The predicted octanol–water partition coefficient (Wildman–Crippen LogP) is 5.10. The molecule has 8 aliphatic rings. The molecule has 42 heteroatoms. The number of hydrogen-bond acceptors (Lipinski definition) is 27. The molecule has 0 spiro atoms. The van der Waals surface area contributed by atoms with Gasteiger partial charge in [-0.1, -0.05) is 90.7 Å². The average Bonchev–Trinajstić information content (AvgIpc) is 1.57. The number of aliphatic hydroxyl groups is 6. The molecule has 113 heavy (non-hydrogen) atoms. The Balaban J connectivity index is 0.000000217. The number of aromatic amines is 4. The molecule has 4 aromatic heterocycles. The molecule has 3 aromatic carbocycles. The van der Waals surface area contributed by atoms with E-state index < -0.39 is 168 Å². The van der Waals surface area contributed by atoms with Crippen molar-refractivity contribution in [2.45, 2.75) is 156 Å². The second kappa shape index (κ2) is 41.9. The lowest BCUT2D eigenvalue weighted by Crippen LogP contribution is -2.44. The van der Waals surface area contributed by atoms with Gasteiger partial charge in [-0.05, 0) is 130 Å². The average molecular weight is 2100 g/mol. The zero-order valence-electron chi connectivity index (χ0n) is 59.2. The number of methoxy groups -OCH3 is 2. The lowest BCUT2D eigenvalue weighted by Gasteiger charge is -2.31. The van der Waals surface area contributed by atoms with Crippen molar-refractivity contribution in [1.82, 2.24) is 38.2 Å². The Hall–Kier alpha value is -5.24. The molecule has 5 unspecified atom stereocenters. The molecule has 15 rings (SSSR count). The minimum Gasteiger partial charge on any atom is -0.497 e. The van der Waals surface area contributed by atoms with Crippen molar-refractivity contribution in [3.05, 3.63) is 220 Å². The molecule has 8 fully saturated rings. The summed E-state index contributed by atoms with van der Waals surface area (Å²) in [6.45, 7) is 6.01. The third kappa shape index (κ3) is 19.9. The van der Waals surface area contributed by atoms with Crippen molar-refractivity contribution >= 4 is 118 Å². The molecule has 8 bridgehead atoms. The van der Waals surface area contributed by atoms with E-state index in [2.05, 4.69) is 28.8 Å². The molecular weight excluding hydrogens is 2000 g/mol. The third-order valence-corrected chi connectivity index (χ3v) is 23.4. The number of aliphatic hydroxyl groups excluding tert-OH is 6. The lowest BCUT2D eigenvalue weighted by molar-refractivity contribution is -0.187. The number of nitrogens with zero attached hydrogens (tertiary/aromatic N) is 5. The molecule has 12 heterocycles. The summed E-state index contributed by atoms with van der Waals surface area (Å²) in [7, 11) is 7.70. The van der Waals surface area contributed by atoms with Gasteiger partial charge in [-0.25, -0.2) is 19.2 Å². The molecule has 8 aliphatic heterocycles. The zero-order chi connectivity index (χ0) is 80.4. The first-order valence-corrected chi connectivity index (χ1v) is 41.4. The normalized spacial score (nSPS) is 28.1. The maximum absolute atomic E-state index is 12.2. The Morgan fingerprint density at radius 3 is 1.26 bits per heavy atom. The number of rotatable bonds is 18. The molecule has 35 nitrogen and oxygen atoms in total. The van der Waals surface area contributed by atoms with Crippen molar-refractivity contribution in [1.29, 1.82) is 5.26 Å². The number of hydrogen-bond donors (Lipinski definition) is 10. The van der Waals surface area contributed by atoms with Gasteiger partial charge >= 0.3 is 22.8 Å². The second-order valence-corrected chi connectivity index (χ2v) is 30.8. The largest absolute Gasteiger partial charge is 0.497 e. The van der Waals surface area contributed by atoms with Gasteiger partial charge in [0.05, 0.1) is 83.7 Å². The summed E-state index contributed by atoms with van der Waals surface area (Å²) in [5, 5.41) is 64.4. The maximum Gasteiger partial charge on any atom is 0.330 e. The van der Waals surface area contributed by atoms with Crippen LogP contribution in [0.2, 0.25) is 0 Å². The Morgan fingerprint density at radius 1 is 0.540 bits per heavy atom. The number of ether oxygens (including phenoxy) is 10. The number of benzene rings is 3. The predicted molar refractivity (Wildman–Crippen MR) is 447 cm³/mol. The van der Waals surface area contributed by atoms with Crippen LogP contribution in [-0.2, 0) is 51.8 Å². The molecule has 622 valence electrons. The van der Waals surface area contributed by atoms with Crippen LogP contribution in [0.3, 0.4) is 0 Å². The summed E-state index contributed by atoms with van der Waals surface area (Å²) in [5.41, 5.74) is -5.10. The number of H-pyrrole nitrogens is 4. The maximum atomic E-state index is 12.2. The quantitative estimate of drug-likeness (QED) is 0.0176. The number of fused-ring (bicyclic) bond motifs is 8. The number of nitrogens with one attached hydrogen (secondary N) is 4. The van der Waals surface area contributed by atoms with Crippen LogP contribution in [0, 0.1) is 22.0 Å². The number of alkyl halides is 1. The Morgan fingerprint density at radius 2 is 0.885 bits per heavy atom. The monoisotopic (exact) mass is 2090 g/mol. The summed E-state index contributed by atoms with van der Waals surface area (Å²) < 4.78 is 73.4. The van der Waals surface area contributed by atoms with Crippen LogP contribution < -0.4 is 54.5 Å². The Labute approximate surface area is 711 Å². The molecular formula is C71H90Cl2I4N9O26P. The van der Waals surface area contributed by atoms with Crippen molar-refractivity contribution in [2.24, 2.45) is 0 Å². The molecule has 8 saturated heterocycles. The van der Waals surface area contributed by atoms with Crippen LogP contribution in [0.25, 0.3) is 0 Å². The minimum absolute atomic E-state index is 0. The van der Waals surface area contributed by atoms with Crippen LogP contribution in [0.1, 0.15) is 97.0 Å². The Kier molecular flexibility index (Phi) is 35.8. The van der Waals surface area contributed by atoms with E-state index in [-0.39, 0.29) is 35.5 Å². The van der Waals surface area contributed by atoms with E-state index in [1.807, 2.05) is 151 Å². The highest BCUT2D eigenvalue weighted by molar-refractivity contribution is 14.1. The first-order chi connectivity index (χ1) is 52.6. The van der Waals surface area contributed by atoms with Crippen LogP contribution in [0.15, 0.2) is 148 Å². The zero-order valence-corrected chi connectivity index (χ0v) is 70.2. The van der Waals surface area contributed by atoms with Gasteiger partial charge in [0.25, 0.3) is 22.2 Å². The highest BCUT2D eigenvalue weighted by Crippen LogP contribution is 2.53. The van der Waals surface area contributed by atoms with E-state index in [0.717, 1.165) is 44.4 Å². The summed E-state index contributed by atoms with van der Waals surface area (Å²) in [6, 6.07) is 29.0. The van der Waals surface area contributed by atoms with E-state index in [4.69, 9.17) is 78.4 Å². The van der Waals surface area contributed by atoms with Crippen LogP contribution >= 0.6 is 118 Å². The minimum atomic E-state index is -1.22. The Bertz CT molecular complexity index is 4690. The number of aromatic nitrogens is 8. The van der Waals surface area contributed by atoms with Crippen molar-refractivity contribution in [3.8, 4) is 17.6 Å². The van der Waals surface area contributed by atoms with E-state index in [9.17, 15) is 63.9 Å². The van der Waals surface area contributed by atoms with Gasteiger partial charge in [-0.15, -0.1) is 11.6 Å². The summed E-state index contributed by atoms with van der Waals surface area (Å²) in [6.07, 6.45) is -1.82. The third-order valence-electron chi connectivity index (χ3n) is 19.3. The van der Waals surface area contributed by atoms with E-state index in [0.29, 0.717) is 49.8 Å². The molecule has 0 aliphatic carbocycles. The highest BCUT2D eigenvalue weighted by atomic mass is 127. The molecule has 7 aromatic rings. The van der Waals surface area contributed by atoms with E-state index in [1.165, 1.54) is 40.0 Å². The lowest BCUT2D eigenvalue weighted by atomic mass is 9.84. The SMILES string of the molecule is C.C.C.CC[C@]12CO[C@@H](C1O)[C@H](n1cc(I)c(=O)[nH]c1=O)O2.CC[C@]12CO[C@@H](C1OP(C)OCCC#N)[C@H](n1cc(I)c(=O)[nH]c1=O)O2.CO.COc1ccc(C(Cl)(c2ccccc2)c2ccc(OC)cc2)cc1.ClI.O=c1[nH]c(=O)n([C@@H]2O[C@@]3(CO)CO[C@H]2C3O)cc1I.O=c1ccn([C@@H]2O[C@@]3(CO)CO[C@H]2C3O)c(=O)[nH]1. The van der Waals surface area contributed by atoms with Gasteiger partial charge in [-0.2, -0.15) is 5.26 Å². The topological polar surface area (TPSA) is 475 Å². The number of nitriles is 1. The fourth-order valence-electron chi connectivity index (χ4n) is 13.4. The van der Waals surface area contributed by atoms with E-state index in [1.54, 1.807) is 58.3 Å². The van der Waals surface area contributed by atoms with Crippen molar-refractivity contribution in [2.75, 3.05) is 74.2 Å². The molecule has 10 N–H and O–H groups in total. The standard InChI is InChI=1S/C21H19ClO2.C15H19IN3O6P.C11H13IN2O5.C10H11IN2O6.C10H12N2O6.CH4O.3CH4.ClI/c1-23-19-12-8-17(9-13-19)21(22,16-6-4-3-5-7-16)18-10-14-20(24-2)15-11-18;1-3-15-8-22-10(11(15)25-26(2)23-6-4-5-17)13(24-15)19-7-9(16)12(20)18-14(19)21;1-2-11-4-18-6(7(11)15)9(19-11)14-3-5(12)8(16)13-10(14)17;11-4-1-13(9(17)12-7(4)16)8-5-6(15)10(2-14,19-8)3-18-5;13-3-10-4-17-6(7(10)15)8(18-10)12-2-1-5(14)11-9(12)16;1-2;;;;1-2/h3-15H,1-2H3;7,10-11,13H,3-4,6,8H2,1-2H3,(H,18,20,21);3,6-7,9,15H,2,4H2,1H3,(H,13,16,17);1,5-6,8,14-15H,2-3H2,(H,12,16,17);1-2,6-8,13,15H,3-4H2,(H,11,14,16);2H,1H3;3*1H4;/t;10-,11?,13+,15-,26?;6-,7?,9+,11-;5-,6?,8+,10-;6-,7?,8+,10-;;;;;/m.0000...../s1. The fraction of sp³-hybridized carbons (Fsp3) is 0.507. The first kappa shape index (κ1) is 96.6. The molecule has 0 radical (unpaired) electrons. The fourth-order valence-corrected chi connectivity index (χ4v) is 16.1. The van der Waals surface area contributed by atoms with Gasteiger partial charge < -0.3 is 87.1 Å². The van der Waals surface area contributed by atoms with Crippen molar-refractivity contribution in [3.63, 3.8) is 0 Å². The van der Waals surface area contributed by atoms with Gasteiger partial charge in [-0.3, -0.25) is 57.4 Å². The highest BCUT2D eigenvalue weighted by Gasteiger charge is 2.65. The van der Waals surface area contributed by atoms with Gasteiger partial charge in [0.15, 0.2) is 33.3 Å². The van der Waals surface area contributed by atoms with Crippen LogP contribution in [0.4, 0.5) is 0 Å². The second-order valence-electron chi connectivity index (χ2n) is 25.4.